The van der Waals surface area contributed by atoms with Crippen LogP contribution in [0, 0.1) is 11.8 Å². The maximum absolute atomic E-state index is 12.3. The number of piperidine rings is 1. The SMILES string of the molecule is CC(C)CC(C)(O)CNC(=O)C1CCC2CCCCC2N1. The summed E-state index contributed by atoms with van der Waals surface area (Å²) in [5.74, 6) is 1.25. The number of nitrogens with one attached hydrogen (secondary N) is 2. The van der Waals surface area contributed by atoms with Gasteiger partial charge in [-0.3, -0.25) is 4.79 Å². The first-order valence-corrected chi connectivity index (χ1v) is 8.63. The van der Waals surface area contributed by atoms with Gasteiger partial charge in [0.1, 0.15) is 0 Å². The number of rotatable bonds is 5. The minimum absolute atomic E-state index is 0.0584. The van der Waals surface area contributed by atoms with Crippen molar-refractivity contribution in [1.29, 1.82) is 0 Å². The molecule has 3 N–H and O–H groups in total. The Morgan fingerprint density at radius 1 is 1.29 bits per heavy atom. The highest BCUT2D eigenvalue weighted by Crippen LogP contribution is 2.32. The molecule has 4 heteroatoms. The highest BCUT2D eigenvalue weighted by atomic mass is 16.3. The molecule has 4 atom stereocenters. The Morgan fingerprint density at radius 3 is 2.71 bits per heavy atom. The van der Waals surface area contributed by atoms with Gasteiger partial charge in [-0.2, -0.15) is 0 Å². The number of carbonyl (C=O) groups is 1. The van der Waals surface area contributed by atoms with Crippen LogP contribution < -0.4 is 10.6 Å². The molecule has 1 amide bonds. The Balaban J connectivity index is 1.78. The van der Waals surface area contributed by atoms with Gasteiger partial charge >= 0.3 is 0 Å². The molecule has 0 radical (unpaired) electrons. The highest BCUT2D eigenvalue weighted by Gasteiger charge is 2.34. The van der Waals surface area contributed by atoms with Crippen molar-refractivity contribution in [3.63, 3.8) is 0 Å². The summed E-state index contributed by atoms with van der Waals surface area (Å²) in [6, 6.07) is 0.457. The standard InChI is InChI=1S/C17H32N2O2/c1-12(2)10-17(3,21)11-18-16(20)15-9-8-13-6-4-5-7-14(13)19-15/h12-15,19,21H,4-11H2,1-3H3,(H,18,20). The lowest BCUT2D eigenvalue weighted by Crippen LogP contribution is -2.56. The van der Waals surface area contributed by atoms with Gasteiger partial charge in [0, 0.05) is 12.6 Å². The molecule has 0 bridgehead atoms. The van der Waals surface area contributed by atoms with Crippen molar-refractivity contribution in [1.82, 2.24) is 10.6 Å². The summed E-state index contributed by atoms with van der Waals surface area (Å²) >= 11 is 0. The fourth-order valence-corrected chi connectivity index (χ4v) is 4.05. The first-order chi connectivity index (χ1) is 9.87. The zero-order valence-electron chi connectivity index (χ0n) is 13.8. The molecular weight excluding hydrogens is 264 g/mol. The van der Waals surface area contributed by atoms with Crippen LogP contribution >= 0.6 is 0 Å². The molecule has 2 fully saturated rings. The summed E-state index contributed by atoms with van der Waals surface area (Å²) in [5, 5.41) is 16.8. The number of hydrogen-bond acceptors (Lipinski definition) is 3. The molecule has 1 saturated heterocycles. The van der Waals surface area contributed by atoms with Crippen LogP contribution in [0.3, 0.4) is 0 Å². The van der Waals surface area contributed by atoms with Gasteiger partial charge < -0.3 is 15.7 Å². The Labute approximate surface area is 129 Å². The topological polar surface area (TPSA) is 61.4 Å². The lowest BCUT2D eigenvalue weighted by atomic mass is 9.77. The van der Waals surface area contributed by atoms with E-state index in [-0.39, 0.29) is 11.9 Å². The van der Waals surface area contributed by atoms with Gasteiger partial charge in [-0.15, -0.1) is 0 Å². The monoisotopic (exact) mass is 296 g/mol. The Kier molecular flexibility index (Phi) is 5.67. The summed E-state index contributed by atoms with van der Waals surface area (Å²) in [7, 11) is 0. The Bertz CT molecular complexity index is 355. The zero-order valence-corrected chi connectivity index (χ0v) is 13.8. The van der Waals surface area contributed by atoms with Gasteiger partial charge in [0.15, 0.2) is 0 Å². The second-order valence-electron chi connectivity index (χ2n) is 7.76. The van der Waals surface area contributed by atoms with E-state index in [1.54, 1.807) is 6.92 Å². The molecule has 21 heavy (non-hydrogen) atoms. The van der Waals surface area contributed by atoms with Crippen LogP contribution in [-0.4, -0.2) is 35.2 Å². The third-order valence-corrected chi connectivity index (χ3v) is 4.96. The van der Waals surface area contributed by atoms with Gasteiger partial charge in [-0.05, 0) is 50.9 Å². The minimum atomic E-state index is -0.814. The Morgan fingerprint density at radius 2 is 2.00 bits per heavy atom. The maximum atomic E-state index is 12.3. The van der Waals surface area contributed by atoms with Crippen molar-refractivity contribution in [2.24, 2.45) is 11.8 Å². The first kappa shape index (κ1) is 16.8. The normalized spacial score (nSPS) is 32.3. The maximum Gasteiger partial charge on any atom is 0.237 e. The van der Waals surface area contributed by atoms with E-state index in [0.29, 0.717) is 24.9 Å². The molecule has 1 saturated carbocycles. The van der Waals surface area contributed by atoms with E-state index < -0.39 is 5.60 Å². The molecule has 2 aliphatic rings. The number of carbonyl (C=O) groups excluding carboxylic acids is 1. The van der Waals surface area contributed by atoms with Crippen LogP contribution in [0.5, 0.6) is 0 Å². The van der Waals surface area contributed by atoms with Crippen molar-refractivity contribution in [3.05, 3.63) is 0 Å². The van der Waals surface area contributed by atoms with E-state index in [0.717, 1.165) is 18.8 Å². The molecule has 2 rings (SSSR count). The van der Waals surface area contributed by atoms with E-state index in [1.807, 2.05) is 0 Å². The lowest BCUT2D eigenvalue weighted by molar-refractivity contribution is -0.125. The average Bonchev–Trinajstić information content (AvgIpc) is 2.43. The molecule has 122 valence electrons. The summed E-state index contributed by atoms with van der Waals surface area (Å²) in [4.78, 5) is 12.3. The van der Waals surface area contributed by atoms with E-state index in [9.17, 15) is 9.90 Å². The molecular formula is C17H32N2O2. The van der Waals surface area contributed by atoms with Crippen LogP contribution in [0.4, 0.5) is 0 Å². The van der Waals surface area contributed by atoms with Gasteiger partial charge in [-0.1, -0.05) is 26.7 Å². The van der Waals surface area contributed by atoms with E-state index in [1.165, 1.54) is 25.7 Å². The summed E-state index contributed by atoms with van der Waals surface area (Å²) in [6.45, 7) is 6.32. The third-order valence-electron chi connectivity index (χ3n) is 4.96. The van der Waals surface area contributed by atoms with Gasteiger partial charge in [0.2, 0.25) is 5.91 Å². The highest BCUT2D eigenvalue weighted by molar-refractivity contribution is 5.81. The summed E-state index contributed by atoms with van der Waals surface area (Å²) in [6.07, 6.45) is 7.95. The summed E-state index contributed by atoms with van der Waals surface area (Å²) < 4.78 is 0. The van der Waals surface area contributed by atoms with Crippen LogP contribution in [-0.2, 0) is 4.79 Å². The van der Waals surface area contributed by atoms with Gasteiger partial charge in [-0.25, -0.2) is 0 Å². The molecule has 1 aliphatic heterocycles. The third kappa shape index (κ3) is 4.96. The van der Waals surface area contributed by atoms with Crippen LogP contribution in [0.25, 0.3) is 0 Å². The second-order valence-corrected chi connectivity index (χ2v) is 7.76. The molecule has 0 spiro atoms. The van der Waals surface area contributed by atoms with Gasteiger partial charge in [0.05, 0.1) is 11.6 Å². The van der Waals surface area contributed by atoms with Crippen molar-refractivity contribution >= 4 is 5.91 Å². The van der Waals surface area contributed by atoms with Gasteiger partial charge in [0.25, 0.3) is 0 Å². The molecule has 4 nitrogen and oxygen atoms in total. The lowest BCUT2D eigenvalue weighted by Gasteiger charge is -2.40. The quantitative estimate of drug-likeness (QED) is 0.729. The van der Waals surface area contributed by atoms with E-state index in [2.05, 4.69) is 24.5 Å². The number of fused-ring (bicyclic) bond motifs is 1. The second kappa shape index (κ2) is 7.10. The van der Waals surface area contributed by atoms with E-state index >= 15 is 0 Å². The van der Waals surface area contributed by atoms with Crippen molar-refractivity contribution in [2.75, 3.05) is 6.54 Å². The van der Waals surface area contributed by atoms with Crippen LogP contribution in [0.15, 0.2) is 0 Å². The first-order valence-electron chi connectivity index (χ1n) is 8.63. The van der Waals surface area contributed by atoms with Crippen molar-refractivity contribution in [3.8, 4) is 0 Å². The minimum Gasteiger partial charge on any atom is -0.388 e. The fraction of sp³-hybridized carbons (Fsp3) is 0.941. The molecule has 0 aromatic rings. The number of amides is 1. The zero-order chi connectivity index (χ0) is 15.5. The predicted molar refractivity (Wildman–Crippen MR) is 85.0 cm³/mol. The molecule has 0 aromatic carbocycles. The summed E-state index contributed by atoms with van der Waals surface area (Å²) in [5.41, 5.74) is -0.814. The van der Waals surface area contributed by atoms with E-state index in [4.69, 9.17) is 0 Å². The largest absolute Gasteiger partial charge is 0.388 e. The average molecular weight is 296 g/mol. The predicted octanol–water partition coefficient (Wildman–Crippen LogP) is 2.21. The molecule has 1 aliphatic carbocycles. The number of hydrogen-bond donors (Lipinski definition) is 3. The van der Waals surface area contributed by atoms with Crippen LogP contribution in [0.2, 0.25) is 0 Å². The van der Waals surface area contributed by atoms with Crippen molar-refractivity contribution < 1.29 is 9.90 Å². The van der Waals surface area contributed by atoms with Crippen LogP contribution in [0.1, 0.15) is 65.7 Å². The van der Waals surface area contributed by atoms with Crippen molar-refractivity contribution in [2.45, 2.75) is 83.4 Å². The molecule has 0 aromatic heterocycles. The fourth-order valence-electron chi connectivity index (χ4n) is 4.05. The Hall–Kier alpha value is -0.610. The number of aliphatic hydroxyl groups is 1. The molecule has 4 unspecified atom stereocenters. The smallest absolute Gasteiger partial charge is 0.237 e. The molecule has 1 heterocycles.